The van der Waals surface area contributed by atoms with Crippen molar-refractivity contribution in [2.75, 3.05) is 7.11 Å². The summed E-state index contributed by atoms with van der Waals surface area (Å²) in [5.41, 5.74) is -0.810. The fourth-order valence-electron chi connectivity index (χ4n) is 2.08. The number of aromatic nitrogens is 1. The number of carboxylic acid groups (broad SMARTS) is 1. The van der Waals surface area contributed by atoms with Gasteiger partial charge >= 0.3 is 12.1 Å². The van der Waals surface area contributed by atoms with E-state index in [1.807, 2.05) is 0 Å². The fraction of sp³-hybridized carbons (Fsp3) is 0.200. The number of methoxy groups -OCH3 is 1. The Kier molecular flexibility index (Phi) is 4.35. The van der Waals surface area contributed by atoms with Crippen LogP contribution in [0.5, 0.6) is 5.88 Å². The molecular formula is C15H12F3NO3. The van der Waals surface area contributed by atoms with Crippen molar-refractivity contribution < 1.29 is 27.8 Å². The quantitative estimate of drug-likeness (QED) is 0.940. The Bertz CT molecular complexity index is 699. The lowest BCUT2D eigenvalue weighted by Gasteiger charge is -2.15. The van der Waals surface area contributed by atoms with Crippen LogP contribution in [0.3, 0.4) is 0 Å². The van der Waals surface area contributed by atoms with Crippen LogP contribution in [-0.4, -0.2) is 23.2 Å². The van der Waals surface area contributed by atoms with Gasteiger partial charge in [0.1, 0.15) is 0 Å². The summed E-state index contributed by atoms with van der Waals surface area (Å²) in [5, 5.41) is 8.93. The molecule has 0 aliphatic heterocycles. The van der Waals surface area contributed by atoms with Crippen molar-refractivity contribution in [3.05, 3.63) is 47.7 Å². The first-order valence-electron chi connectivity index (χ1n) is 6.25. The van der Waals surface area contributed by atoms with E-state index in [1.165, 1.54) is 37.4 Å². The highest BCUT2D eigenvalue weighted by Gasteiger charge is 2.34. The summed E-state index contributed by atoms with van der Waals surface area (Å²) in [4.78, 5) is 14.9. The van der Waals surface area contributed by atoms with E-state index in [2.05, 4.69) is 4.98 Å². The molecule has 0 unspecified atom stereocenters. The molecule has 0 aliphatic rings. The Labute approximate surface area is 124 Å². The van der Waals surface area contributed by atoms with Gasteiger partial charge in [0.25, 0.3) is 0 Å². The molecule has 1 aromatic carbocycles. The Balaban J connectivity index is 2.64. The summed E-state index contributed by atoms with van der Waals surface area (Å²) < 4.78 is 44.2. The number of benzene rings is 1. The second kappa shape index (κ2) is 6.05. The van der Waals surface area contributed by atoms with E-state index >= 15 is 0 Å². The number of pyridine rings is 1. The first-order valence-corrected chi connectivity index (χ1v) is 6.25. The number of hydrogen-bond donors (Lipinski definition) is 1. The van der Waals surface area contributed by atoms with Crippen LogP contribution >= 0.6 is 0 Å². The molecule has 116 valence electrons. The van der Waals surface area contributed by atoms with Gasteiger partial charge in [0, 0.05) is 11.6 Å². The first kappa shape index (κ1) is 15.8. The molecule has 1 aromatic heterocycles. The molecule has 1 N–H and O–H groups in total. The van der Waals surface area contributed by atoms with Crippen LogP contribution in [0.4, 0.5) is 13.2 Å². The van der Waals surface area contributed by atoms with Crippen molar-refractivity contribution >= 4 is 5.97 Å². The number of hydrogen-bond acceptors (Lipinski definition) is 3. The molecule has 0 fully saturated rings. The van der Waals surface area contributed by atoms with Crippen LogP contribution in [0.2, 0.25) is 0 Å². The number of nitrogens with zero attached hydrogens (tertiary/aromatic N) is 1. The van der Waals surface area contributed by atoms with Gasteiger partial charge in [0.05, 0.1) is 24.8 Å². The summed E-state index contributed by atoms with van der Waals surface area (Å²) in [6.45, 7) is 0. The van der Waals surface area contributed by atoms with Crippen molar-refractivity contribution in [2.45, 2.75) is 12.6 Å². The third-order valence-corrected chi connectivity index (χ3v) is 3.00. The molecule has 0 spiro atoms. The maximum Gasteiger partial charge on any atom is 0.417 e. The highest BCUT2D eigenvalue weighted by molar-refractivity contribution is 5.77. The van der Waals surface area contributed by atoms with Crippen molar-refractivity contribution in [1.82, 2.24) is 4.98 Å². The van der Waals surface area contributed by atoms with E-state index in [9.17, 15) is 18.0 Å². The fourth-order valence-corrected chi connectivity index (χ4v) is 2.08. The largest absolute Gasteiger partial charge is 0.481 e. The van der Waals surface area contributed by atoms with Crippen LogP contribution in [0.15, 0.2) is 36.4 Å². The number of halogens is 3. The monoisotopic (exact) mass is 311 g/mol. The number of carbonyl (C=O) groups is 1. The molecule has 0 amide bonds. The van der Waals surface area contributed by atoms with Gasteiger partial charge in [-0.05, 0) is 17.7 Å². The van der Waals surface area contributed by atoms with Crippen LogP contribution in [0.25, 0.3) is 11.1 Å². The lowest BCUT2D eigenvalue weighted by molar-refractivity contribution is -0.137. The van der Waals surface area contributed by atoms with E-state index in [4.69, 9.17) is 9.84 Å². The molecule has 0 aliphatic carbocycles. The Hall–Kier alpha value is -2.57. The summed E-state index contributed by atoms with van der Waals surface area (Å²) in [7, 11) is 1.34. The molecular weight excluding hydrogens is 299 g/mol. The number of ether oxygens (including phenoxy) is 1. The van der Waals surface area contributed by atoms with E-state index < -0.39 is 24.1 Å². The summed E-state index contributed by atoms with van der Waals surface area (Å²) >= 11 is 0. The summed E-state index contributed by atoms with van der Waals surface area (Å²) in [5.74, 6) is -1.05. The molecule has 22 heavy (non-hydrogen) atoms. The first-order chi connectivity index (χ1) is 10.3. The van der Waals surface area contributed by atoms with E-state index in [1.54, 1.807) is 0 Å². The van der Waals surface area contributed by atoms with E-state index in [-0.39, 0.29) is 22.7 Å². The number of alkyl halides is 3. The smallest absolute Gasteiger partial charge is 0.417 e. The second-order valence-electron chi connectivity index (χ2n) is 4.46. The second-order valence-corrected chi connectivity index (χ2v) is 4.46. The van der Waals surface area contributed by atoms with Gasteiger partial charge in [-0.3, -0.25) is 4.79 Å². The van der Waals surface area contributed by atoms with Gasteiger partial charge in [0.15, 0.2) is 0 Å². The zero-order valence-corrected chi connectivity index (χ0v) is 11.5. The average Bonchev–Trinajstić information content (AvgIpc) is 2.45. The third-order valence-electron chi connectivity index (χ3n) is 3.00. The lowest BCUT2D eigenvalue weighted by Crippen LogP contribution is -2.10. The minimum atomic E-state index is -4.54. The predicted octanol–water partition coefficient (Wildman–Crippen LogP) is 3.40. The zero-order chi connectivity index (χ0) is 16.3. The van der Waals surface area contributed by atoms with E-state index in [0.717, 1.165) is 6.07 Å². The summed E-state index contributed by atoms with van der Waals surface area (Å²) in [6.07, 6.45) is -5.05. The average molecular weight is 311 g/mol. The van der Waals surface area contributed by atoms with Crippen molar-refractivity contribution in [3.8, 4) is 17.0 Å². The van der Waals surface area contributed by atoms with Crippen molar-refractivity contribution in [2.24, 2.45) is 0 Å². The minimum Gasteiger partial charge on any atom is -0.481 e. The molecule has 0 saturated heterocycles. The van der Waals surface area contributed by atoms with Gasteiger partial charge in [0.2, 0.25) is 5.88 Å². The zero-order valence-electron chi connectivity index (χ0n) is 11.5. The van der Waals surface area contributed by atoms with Crippen LogP contribution in [-0.2, 0) is 17.4 Å². The Morgan fingerprint density at radius 3 is 2.45 bits per heavy atom. The molecule has 2 aromatic rings. The molecule has 0 saturated carbocycles. The highest BCUT2D eigenvalue weighted by Crippen LogP contribution is 2.38. The Morgan fingerprint density at radius 2 is 1.86 bits per heavy atom. The number of rotatable bonds is 4. The van der Waals surface area contributed by atoms with Gasteiger partial charge in [-0.25, -0.2) is 4.98 Å². The van der Waals surface area contributed by atoms with Gasteiger partial charge < -0.3 is 9.84 Å². The predicted molar refractivity (Wildman–Crippen MR) is 72.6 cm³/mol. The van der Waals surface area contributed by atoms with Crippen LogP contribution < -0.4 is 4.74 Å². The molecule has 2 rings (SSSR count). The van der Waals surface area contributed by atoms with Crippen molar-refractivity contribution in [3.63, 3.8) is 0 Å². The molecule has 1 heterocycles. The Morgan fingerprint density at radius 1 is 1.18 bits per heavy atom. The van der Waals surface area contributed by atoms with Crippen LogP contribution in [0, 0.1) is 0 Å². The normalized spacial score (nSPS) is 11.3. The molecule has 7 heteroatoms. The highest BCUT2D eigenvalue weighted by atomic mass is 19.4. The molecule has 0 bridgehead atoms. The number of carboxylic acids is 1. The SMILES string of the molecule is COc1ccc(-c2ccccc2C(F)(F)F)c(CC(=O)O)n1. The topological polar surface area (TPSA) is 59.4 Å². The maximum atomic E-state index is 13.1. The third kappa shape index (κ3) is 3.36. The number of aliphatic carboxylic acids is 1. The van der Waals surface area contributed by atoms with Crippen molar-refractivity contribution in [1.29, 1.82) is 0 Å². The summed E-state index contributed by atoms with van der Waals surface area (Å²) in [6, 6.07) is 7.75. The van der Waals surface area contributed by atoms with Gasteiger partial charge in [-0.1, -0.05) is 18.2 Å². The lowest BCUT2D eigenvalue weighted by atomic mass is 9.97. The van der Waals surface area contributed by atoms with Crippen LogP contribution in [0.1, 0.15) is 11.3 Å². The molecule has 4 nitrogen and oxygen atoms in total. The molecule has 0 atom stereocenters. The van der Waals surface area contributed by atoms with E-state index in [0.29, 0.717) is 0 Å². The maximum absolute atomic E-state index is 13.1. The standard InChI is InChI=1S/C15H12F3NO3/c1-22-13-7-6-10(12(19-13)8-14(20)21)9-4-2-3-5-11(9)15(16,17)18/h2-7H,8H2,1H3,(H,20,21). The molecule has 0 radical (unpaired) electrons. The van der Waals surface area contributed by atoms with Gasteiger partial charge in [-0.2, -0.15) is 13.2 Å². The van der Waals surface area contributed by atoms with Gasteiger partial charge in [-0.15, -0.1) is 0 Å². The minimum absolute atomic E-state index is 0.0172.